The Balaban J connectivity index is 2.49. The quantitative estimate of drug-likeness (QED) is 0.842. The number of hydrogen-bond donors (Lipinski definition) is 1. The number of benzene rings is 1. The molecule has 1 aromatic carbocycles. The minimum Gasteiger partial charge on any atom is -0.325 e. The normalized spacial score (nSPS) is 10.3. The molecular weight excluding hydrogens is 208 g/mol. The molecule has 76 valence electrons. The Morgan fingerprint density at radius 3 is 2.53 bits per heavy atom. The van der Waals surface area contributed by atoms with Crippen LogP contribution in [-0.4, -0.2) is 4.98 Å². The average molecular weight is 219 g/mol. The van der Waals surface area contributed by atoms with Crippen LogP contribution in [0.1, 0.15) is 5.69 Å². The van der Waals surface area contributed by atoms with Crippen LogP contribution in [0.3, 0.4) is 0 Å². The van der Waals surface area contributed by atoms with Gasteiger partial charge in [-0.2, -0.15) is 0 Å². The number of nitrogens with zero attached hydrogens (tertiary/aromatic N) is 1. The van der Waals surface area contributed by atoms with Crippen molar-refractivity contribution >= 4 is 11.6 Å². The molecule has 0 aliphatic rings. The van der Waals surface area contributed by atoms with E-state index >= 15 is 0 Å². The zero-order valence-electron chi connectivity index (χ0n) is 8.15. The molecule has 15 heavy (non-hydrogen) atoms. The molecule has 0 saturated heterocycles. The summed E-state index contributed by atoms with van der Waals surface area (Å²) in [7, 11) is 0. The van der Waals surface area contributed by atoms with E-state index in [2.05, 4.69) is 4.98 Å². The fourth-order valence-corrected chi connectivity index (χ4v) is 1.62. The van der Waals surface area contributed by atoms with Gasteiger partial charge in [0, 0.05) is 23.3 Å². The van der Waals surface area contributed by atoms with E-state index in [1.807, 2.05) is 36.4 Å². The van der Waals surface area contributed by atoms with Crippen molar-refractivity contribution in [3.05, 3.63) is 53.3 Å². The van der Waals surface area contributed by atoms with Crippen LogP contribution >= 0.6 is 11.6 Å². The van der Waals surface area contributed by atoms with E-state index in [4.69, 9.17) is 17.3 Å². The summed E-state index contributed by atoms with van der Waals surface area (Å²) in [5, 5.41) is 0.733. The Kier molecular flexibility index (Phi) is 2.99. The maximum absolute atomic E-state index is 5.83. The molecule has 1 heterocycles. The van der Waals surface area contributed by atoms with Gasteiger partial charge in [-0.15, -0.1) is 0 Å². The molecule has 2 N–H and O–H groups in total. The van der Waals surface area contributed by atoms with Gasteiger partial charge in [-0.05, 0) is 23.8 Å². The summed E-state index contributed by atoms with van der Waals surface area (Å²) >= 11 is 5.83. The van der Waals surface area contributed by atoms with Crippen molar-refractivity contribution in [2.75, 3.05) is 0 Å². The molecule has 0 atom stereocenters. The number of pyridine rings is 1. The first-order valence-corrected chi connectivity index (χ1v) is 5.09. The third kappa shape index (κ3) is 2.17. The number of hydrogen-bond acceptors (Lipinski definition) is 2. The summed E-state index contributed by atoms with van der Waals surface area (Å²) in [6, 6.07) is 11.6. The van der Waals surface area contributed by atoms with Crippen molar-refractivity contribution < 1.29 is 0 Å². The van der Waals surface area contributed by atoms with E-state index < -0.39 is 0 Å². The first kappa shape index (κ1) is 10.1. The first-order valence-electron chi connectivity index (χ1n) is 4.71. The van der Waals surface area contributed by atoms with E-state index in [1.165, 1.54) is 0 Å². The van der Waals surface area contributed by atoms with Crippen LogP contribution < -0.4 is 5.73 Å². The van der Waals surface area contributed by atoms with Crippen LogP contribution in [0.4, 0.5) is 0 Å². The summed E-state index contributed by atoms with van der Waals surface area (Å²) in [6.07, 6.45) is 1.75. The lowest BCUT2D eigenvalue weighted by Gasteiger charge is -2.06. The predicted octanol–water partition coefficient (Wildman–Crippen LogP) is 2.86. The van der Waals surface area contributed by atoms with Gasteiger partial charge in [0.2, 0.25) is 0 Å². The van der Waals surface area contributed by atoms with Crippen molar-refractivity contribution in [2.45, 2.75) is 6.54 Å². The minimum absolute atomic E-state index is 0.443. The fraction of sp³-hybridized carbons (Fsp3) is 0.0833. The summed E-state index contributed by atoms with van der Waals surface area (Å²) in [6.45, 7) is 0.443. The second kappa shape index (κ2) is 4.43. The van der Waals surface area contributed by atoms with Crippen molar-refractivity contribution in [3.63, 3.8) is 0 Å². The van der Waals surface area contributed by atoms with Crippen LogP contribution in [-0.2, 0) is 6.54 Å². The third-order valence-electron chi connectivity index (χ3n) is 2.24. The van der Waals surface area contributed by atoms with E-state index in [0.717, 1.165) is 21.8 Å². The molecular formula is C12H11ClN2. The lowest BCUT2D eigenvalue weighted by atomic mass is 10.0. The van der Waals surface area contributed by atoms with Gasteiger partial charge in [0.15, 0.2) is 0 Å². The lowest BCUT2D eigenvalue weighted by Crippen LogP contribution is -2.01. The van der Waals surface area contributed by atoms with Gasteiger partial charge >= 0.3 is 0 Å². The SMILES string of the molecule is NCc1ncccc1-c1ccc(Cl)cc1. The molecule has 2 aromatic rings. The van der Waals surface area contributed by atoms with E-state index in [0.29, 0.717) is 6.54 Å². The van der Waals surface area contributed by atoms with Crippen LogP contribution in [0, 0.1) is 0 Å². The fourth-order valence-electron chi connectivity index (χ4n) is 1.49. The summed E-state index contributed by atoms with van der Waals surface area (Å²) in [5.74, 6) is 0. The molecule has 2 nitrogen and oxygen atoms in total. The summed E-state index contributed by atoms with van der Waals surface area (Å²) < 4.78 is 0. The molecule has 0 bridgehead atoms. The Bertz CT molecular complexity index is 451. The van der Waals surface area contributed by atoms with Gasteiger partial charge in [0.1, 0.15) is 0 Å². The highest BCUT2D eigenvalue weighted by Gasteiger charge is 2.03. The van der Waals surface area contributed by atoms with Gasteiger partial charge in [-0.25, -0.2) is 0 Å². The van der Waals surface area contributed by atoms with Crippen LogP contribution in [0.25, 0.3) is 11.1 Å². The van der Waals surface area contributed by atoms with Crippen molar-refractivity contribution in [1.82, 2.24) is 4.98 Å². The summed E-state index contributed by atoms with van der Waals surface area (Å²) in [5.41, 5.74) is 8.69. The second-order valence-corrected chi connectivity index (χ2v) is 3.65. The smallest absolute Gasteiger partial charge is 0.0617 e. The van der Waals surface area contributed by atoms with Crippen LogP contribution in [0.2, 0.25) is 5.02 Å². The maximum Gasteiger partial charge on any atom is 0.0617 e. The minimum atomic E-state index is 0.443. The Morgan fingerprint density at radius 2 is 1.87 bits per heavy atom. The number of aromatic nitrogens is 1. The van der Waals surface area contributed by atoms with E-state index in [1.54, 1.807) is 6.20 Å². The Morgan fingerprint density at radius 1 is 1.13 bits per heavy atom. The van der Waals surface area contributed by atoms with Crippen LogP contribution in [0.15, 0.2) is 42.6 Å². The largest absolute Gasteiger partial charge is 0.325 e. The highest BCUT2D eigenvalue weighted by molar-refractivity contribution is 6.30. The monoisotopic (exact) mass is 218 g/mol. The van der Waals surface area contributed by atoms with Crippen LogP contribution in [0.5, 0.6) is 0 Å². The topological polar surface area (TPSA) is 38.9 Å². The standard InChI is InChI=1S/C12H11ClN2/c13-10-5-3-9(4-6-10)11-2-1-7-15-12(11)8-14/h1-7H,8,14H2. The van der Waals surface area contributed by atoms with Crippen molar-refractivity contribution in [3.8, 4) is 11.1 Å². The third-order valence-corrected chi connectivity index (χ3v) is 2.49. The molecule has 0 unspecified atom stereocenters. The van der Waals surface area contributed by atoms with E-state index in [-0.39, 0.29) is 0 Å². The van der Waals surface area contributed by atoms with E-state index in [9.17, 15) is 0 Å². The molecule has 0 saturated carbocycles. The molecule has 0 aliphatic carbocycles. The zero-order valence-corrected chi connectivity index (χ0v) is 8.91. The molecule has 3 heteroatoms. The van der Waals surface area contributed by atoms with Gasteiger partial charge in [0.25, 0.3) is 0 Å². The zero-order chi connectivity index (χ0) is 10.7. The van der Waals surface area contributed by atoms with Crippen molar-refractivity contribution in [2.24, 2.45) is 5.73 Å². The molecule has 0 amide bonds. The predicted molar refractivity (Wildman–Crippen MR) is 62.6 cm³/mol. The van der Waals surface area contributed by atoms with Gasteiger partial charge < -0.3 is 5.73 Å². The van der Waals surface area contributed by atoms with Gasteiger partial charge in [-0.1, -0.05) is 29.8 Å². The molecule has 0 radical (unpaired) electrons. The molecule has 0 aliphatic heterocycles. The number of halogens is 1. The van der Waals surface area contributed by atoms with Gasteiger partial charge in [0.05, 0.1) is 5.69 Å². The van der Waals surface area contributed by atoms with Gasteiger partial charge in [-0.3, -0.25) is 4.98 Å². The summed E-state index contributed by atoms with van der Waals surface area (Å²) in [4.78, 5) is 4.24. The average Bonchev–Trinajstić information content (AvgIpc) is 2.30. The Hall–Kier alpha value is -1.38. The molecule has 2 rings (SSSR count). The highest BCUT2D eigenvalue weighted by atomic mass is 35.5. The molecule has 1 aromatic heterocycles. The molecule has 0 fully saturated rings. The lowest BCUT2D eigenvalue weighted by molar-refractivity contribution is 0.994. The molecule has 0 spiro atoms. The number of nitrogens with two attached hydrogens (primary N) is 1. The highest BCUT2D eigenvalue weighted by Crippen LogP contribution is 2.23. The maximum atomic E-state index is 5.83. The first-order chi connectivity index (χ1) is 7.31. The number of rotatable bonds is 2. The second-order valence-electron chi connectivity index (χ2n) is 3.21. The Labute approximate surface area is 93.7 Å². The van der Waals surface area contributed by atoms with Crippen molar-refractivity contribution in [1.29, 1.82) is 0 Å².